The van der Waals surface area contributed by atoms with E-state index in [4.69, 9.17) is 13.9 Å². The van der Waals surface area contributed by atoms with Crippen molar-refractivity contribution in [2.24, 2.45) is 0 Å². The van der Waals surface area contributed by atoms with Gasteiger partial charge >= 0.3 is 0 Å². The summed E-state index contributed by atoms with van der Waals surface area (Å²) >= 11 is 0. The van der Waals surface area contributed by atoms with Crippen molar-refractivity contribution in [3.8, 4) is 0 Å². The normalized spacial score (nSPS) is 18.5. The molecule has 0 spiro atoms. The minimum atomic E-state index is -1.53. The molecule has 1 saturated heterocycles. The Hall–Kier alpha value is 0.0969. The lowest BCUT2D eigenvalue weighted by molar-refractivity contribution is -0.162. The predicted octanol–water partition coefficient (Wildman–Crippen LogP) is 7.84. The summed E-state index contributed by atoms with van der Waals surface area (Å²) in [6, 6.07) is 0. The predicted molar refractivity (Wildman–Crippen MR) is 123 cm³/mol. The number of rotatable bonds is 16. The van der Waals surface area contributed by atoms with Crippen LogP contribution in [-0.2, 0) is 13.9 Å². The van der Waals surface area contributed by atoms with E-state index in [1.807, 2.05) is 0 Å². The molecule has 28 heavy (non-hydrogen) atoms. The van der Waals surface area contributed by atoms with Gasteiger partial charge in [-0.1, -0.05) is 78.6 Å². The van der Waals surface area contributed by atoms with Crippen molar-refractivity contribution in [3.05, 3.63) is 0 Å². The van der Waals surface area contributed by atoms with Crippen LogP contribution in [0.4, 0.5) is 0 Å². The van der Waals surface area contributed by atoms with Gasteiger partial charge in [-0.05, 0) is 50.2 Å². The molecule has 0 aromatic carbocycles. The van der Waals surface area contributed by atoms with Crippen LogP contribution in [0, 0.1) is 0 Å². The van der Waals surface area contributed by atoms with E-state index in [0.29, 0.717) is 5.04 Å². The Morgan fingerprint density at radius 2 is 1.25 bits per heavy atom. The molecule has 3 nitrogen and oxygen atoms in total. The molecule has 1 fully saturated rings. The third kappa shape index (κ3) is 12.6. The maximum Gasteiger partial charge on any atom is 0.191 e. The molecule has 1 atom stereocenters. The molecule has 0 amide bonds. The van der Waals surface area contributed by atoms with Crippen LogP contribution in [0.15, 0.2) is 0 Å². The highest BCUT2D eigenvalue weighted by atomic mass is 28.4. The van der Waals surface area contributed by atoms with E-state index in [9.17, 15) is 0 Å². The molecule has 1 aliphatic heterocycles. The van der Waals surface area contributed by atoms with Crippen molar-refractivity contribution in [2.75, 3.05) is 19.8 Å². The summed E-state index contributed by atoms with van der Waals surface area (Å²) in [7, 11) is -1.53. The number of unbranched alkanes of at least 4 members (excludes halogenated alkanes) is 10. The summed E-state index contributed by atoms with van der Waals surface area (Å²) in [4.78, 5) is 0. The molecule has 0 aromatic heterocycles. The maximum atomic E-state index is 6.25. The number of hydrogen-bond acceptors (Lipinski definition) is 3. The van der Waals surface area contributed by atoms with Gasteiger partial charge in [-0.15, -0.1) is 0 Å². The minimum absolute atomic E-state index is 0.0902. The van der Waals surface area contributed by atoms with Gasteiger partial charge in [0.15, 0.2) is 14.6 Å². The first-order valence-corrected chi connectivity index (χ1v) is 15.1. The van der Waals surface area contributed by atoms with Gasteiger partial charge in [-0.3, -0.25) is 0 Å². The van der Waals surface area contributed by atoms with Crippen molar-refractivity contribution in [1.82, 2.24) is 0 Å². The van der Waals surface area contributed by atoms with E-state index in [1.54, 1.807) is 0 Å². The monoisotopic (exact) mass is 414 g/mol. The molecule has 168 valence electrons. The zero-order valence-electron chi connectivity index (χ0n) is 19.8. The van der Waals surface area contributed by atoms with Gasteiger partial charge in [-0.2, -0.15) is 0 Å². The first-order valence-electron chi connectivity index (χ1n) is 12.2. The van der Waals surface area contributed by atoms with Crippen molar-refractivity contribution in [3.63, 3.8) is 0 Å². The number of hydrogen-bond donors (Lipinski definition) is 0. The summed E-state index contributed by atoms with van der Waals surface area (Å²) in [5, 5.41) is 0.337. The largest absolute Gasteiger partial charge is 0.417 e. The summed E-state index contributed by atoms with van der Waals surface area (Å²) in [5.41, 5.74) is 0. The standard InChI is InChI=1S/C24H50O3Si/c1-24(2,3)28(4,5)27-22-17-14-12-10-8-6-7-9-11-13-16-20-25-23-19-15-18-21-26-23/h23H,6-22H2,1-5H3. The highest BCUT2D eigenvalue weighted by molar-refractivity contribution is 6.74. The minimum Gasteiger partial charge on any atom is -0.417 e. The fraction of sp³-hybridized carbons (Fsp3) is 1.00. The molecule has 0 N–H and O–H groups in total. The SMILES string of the molecule is CC(C)(C)[Si](C)(C)OCCCCCCCCCCCCCOC1CCCCO1. The fourth-order valence-electron chi connectivity index (χ4n) is 3.40. The molecular formula is C24H50O3Si. The van der Waals surface area contributed by atoms with Gasteiger partial charge in [0.1, 0.15) is 0 Å². The van der Waals surface area contributed by atoms with Gasteiger partial charge in [0.05, 0.1) is 0 Å². The fourth-order valence-corrected chi connectivity index (χ4v) is 4.48. The molecule has 0 aliphatic carbocycles. The summed E-state index contributed by atoms with van der Waals surface area (Å²) in [5.74, 6) is 0. The summed E-state index contributed by atoms with van der Waals surface area (Å²) < 4.78 is 17.6. The summed E-state index contributed by atoms with van der Waals surface area (Å²) in [6.45, 7) is 14.4. The van der Waals surface area contributed by atoms with Crippen LogP contribution < -0.4 is 0 Å². The topological polar surface area (TPSA) is 27.7 Å². The van der Waals surface area contributed by atoms with E-state index in [1.165, 1.54) is 83.5 Å². The zero-order valence-corrected chi connectivity index (χ0v) is 20.8. The average molecular weight is 415 g/mol. The summed E-state index contributed by atoms with van der Waals surface area (Å²) in [6.07, 6.45) is 18.4. The van der Waals surface area contributed by atoms with Crippen LogP contribution in [-0.4, -0.2) is 34.4 Å². The zero-order chi connectivity index (χ0) is 20.7. The average Bonchev–Trinajstić information content (AvgIpc) is 2.64. The van der Waals surface area contributed by atoms with Gasteiger partial charge in [-0.25, -0.2) is 0 Å². The highest BCUT2D eigenvalue weighted by Gasteiger charge is 2.36. The Labute approximate surface area is 177 Å². The second-order valence-electron chi connectivity index (χ2n) is 10.2. The van der Waals surface area contributed by atoms with Gasteiger partial charge in [0.2, 0.25) is 0 Å². The van der Waals surface area contributed by atoms with Crippen LogP contribution in [0.2, 0.25) is 18.1 Å². The van der Waals surface area contributed by atoms with Gasteiger partial charge in [0, 0.05) is 19.8 Å². The molecule has 1 rings (SSSR count). The lowest BCUT2D eigenvalue weighted by atomic mass is 10.1. The first kappa shape index (κ1) is 26.1. The Kier molecular flexibility index (Phi) is 14.0. The van der Waals surface area contributed by atoms with Crippen LogP contribution in [0.5, 0.6) is 0 Å². The van der Waals surface area contributed by atoms with Crippen LogP contribution >= 0.6 is 0 Å². The third-order valence-electron chi connectivity index (χ3n) is 6.50. The molecule has 0 radical (unpaired) electrons. The lowest BCUT2D eigenvalue weighted by Gasteiger charge is -2.36. The highest BCUT2D eigenvalue weighted by Crippen LogP contribution is 2.36. The quantitative estimate of drug-likeness (QED) is 0.190. The van der Waals surface area contributed by atoms with Crippen molar-refractivity contribution in [1.29, 1.82) is 0 Å². The lowest BCUT2D eigenvalue weighted by Crippen LogP contribution is -2.40. The third-order valence-corrected chi connectivity index (χ3v) is 11.0. The van der Waals surface area contributed by atoms with E-state index < -0.39 is 8.32 Å². The Balaban J connectivity index is 1.76. The van der Waals surface area contributed by atoms with E-state index in [0.717, 1.165) is 26.2 Å². The number of ether oxygens (including phenoxy) is 2. The van der Waals surface area contributed by atoms with Crippen molar-refractivity contribution in [2.45, 2.75) is 135 Å². The molecule has 0 aromatic rings. The molecule has 0 saturated carbocycles. The molecular weight excluding hydrogens is 364 g/mol. The Morgan fingerprint density at radius 3 is 1.71 bits per heavy atom. The molecule has 1 unspecified atom stereocenters. The molecule has 1 aliphatic rings. The van der Waals surface area contributed by atoms with E-state index in [-0.39, 0.29) is 6.29 Å². The Bertz CT molecular complexity index is 359. The second-order valence-corrected chi connectivity index (χ2v) is 15.0. The van der Waals surface area contributed by atoms with Crippen molar-refractivity contribution < 1.29 is 13.9 Å². The molecule has 4 heteroatoms. The van der Waals surface area contributed by atoms with Crippen LogP contribution in [0.3, 0.4) is 0 Å². The molecule has 1 heterocycles. The van der Waals surface area contributed by atoms with Gasteiger partial charge in [0.25, 0.3) is 0 Å². The maximum absolute atomic E-state index is 6.25. The van der Waals surface area contributed by atoms with E-state index >= 15 is 0 Å². The van der Waals surface area contributed by atoms with Crippen LogP contribution in [0.1, 0.15) is 111 Å². The smallest absolute Gasteiger partial charge is 0.191 e. The van der Waals surface area contributed by atoms with Crippen LogP contribution in [0.25, 0.3) is 0 Å². The van der Waals surface area contributed by atoms with Crippen molar-refractivity contribution >= 4 is 8.32 Å². The Morgan fingerprint density at radius 1 is 0.750 bits per heavy atom. The first-order chi connectivity index (χ1) is 13.3. The second kappa shape index (κ2) is 15.0. The molecule has 0 bridgehead atoms. The van der Waals surface area contributed by atoms with E-state index in [2.05, 4.69) is 33.9 Å². The van der Waals surface area contributed by atoms with Gasteiger partial charge < -0.3 is 13.9 Å².